The number of hydrogen-bond donors (Lipinski definition) is 2. The zero-order valence-corrected chi connectivity index (χ0v) is 34.6. The summed E-state index contributed by atoms with van der Waals surface area (Å²) in [5, 5.41) is 8.30. The minimum atomic E-state index is -3.96. The Bertz CT molecular complexity index is 2240. The second kappa shape index (κ2) is 15.7. The molecule has 2 N–H and O–H groups in total. The molecule has 57 heavy (non-hydrogen) atoms. The van der Waals surface area contributed by atoms with Crippen molar-refractivity contribution in [3.63, 3.8) is 0 Å². The predicted molar refractivity (Wildman–Crippen MR) is 213 cm³/mol. The molecule has 2 aliphatic carbocycles. The summed E-state index contributed by atoms with van der Waals surface area (Å²) in [5.74, 6) is -1.61. The molecule has 0 radical (unpaired) electrons. The zero-order chi connectivity index (χ0) is 40.9. The van der Waals surface area contributed by atoms with Gasteiger partial charge in [0, 0.05) is 42.6 Å². The minimum Gasteiger partial charge on any atom is -0.488 e. The van der Waals surface area contributed by atoms with E-state index < -0.39 is 56.1 Å². The number of Topliss-reactive ketones (excluding diaryl/α,β-unsaturated/α-hetero) is 1. The summed E-state index contributed by atoms with van der Waals surface area (Å²) in [5.41, 5.74) is 0.193. The number of nitrogens with one attached hydrogen (secondary N) is 2. The van der Waals surface area contributed by atoms with E-state index >= 15 is 0 Å². The molecular weight excluding hydrogens is 772 g/mol. The third kappa shape index (κ3) is 8.41. The highest BCUT2D eigenvalue weighted by molar-refractivity contribution is 7.91. The van der Waals surface area contributed by atoms with Crippen LogP contribution in [0.15, 0.2) is 42.6 Å². The molecule has 0 unspecified atom stereocenters. The highest BCUT2D eigenvalue weighted by Crippen LogP contribution is 2.57. The largest absolute Gasteiger partial charge is 0.488 e. The van der Waals surface area contributed by atoms with E-state index in [1.54, 1.807) is 44.4 Å². The fraction of sp³-hybridized carbons (Fsp3) is 0.561. The molecule has 7 rings (SSSR count). The van der Waals surface area contributed by atoms with E-state index in [4.69, 9.17) is 26.1 Å². The van der Waals surface area contributed by atoms with Crippen LogP contribution in [0.1, 0.15) is 101 Å². The van der Waals surface area contributed by atoms with E-state index in [9.17, 15) is 27.6 Å². The Morgan fingerprint density at radius 2 is 1.88 bits per heavy atom. The first-order valence-electron chi connectivity index (χ1n) is 19.8. The number of rotatable bonds is 9. The van der Waals surface area contributed by atoms with Gasteiger partial charge in [-0.2, -0.15) is 5.10 Å². The number of aryl methyl sites for hydroxylation is 2. The number of hydrogen-bond acceptors (Lipinski definition) is 10. The fourth-order valence-electron chi connectivity index (χ4n) is 7.99. The number of pyridine rings is 1. The number of ether oxygens (including phenoxy) is 2. The van der Waals surface area contributed by atoms with Gasteiger partial charge in [-0.05, 0) is 95.9 Å². The first-order chi connectivity index (χ1) is 27.0. The van der Waals surface area contributed by atoms with Gasteiger partial charge in [-0.3, -0.25) is 28.6 Å². The van der Waals surface area contributed by atoms with Crippen molar-refractivity contribution in [3.8, 4) is 11.6 Å². The summed E-state index contributed by atoms with van der Waals surface area (Å²) in [4.78, 5) is 63.0. The molecule has 3 amide bonds. The van der Waals surface area contributed by atoms with Crippen LogP contribution in [-0.4, -0.2) is 87.2 Å². The normalized spacial score (nSPS) is 26.8. The number of fused-ring (bicyclic) bond motifs is 3. The molecule has 4 aliphatic rings. The summed E-state index contributed by atoms with van der Waals surface area (Å²) < 4.78 is 41.9. The van der Waals surface area contributed by atoms with Gasteiger partial charge in [0.2, 0.25) is 27.7 Å². The summed E-state index contributed by atoms with van der Waals surface area (Å²) >= 11 is 6.49. The Labute approximate surface area is 338 Å². The Balaban J connectivity index is 1.23. The molecule has 2 aliphatic heterocycles. The molecule has 16 heteroatoms. The van der Waals surface area contributed by atoms with Crippen molar-refractivity contribution >= 4 is 56.0 Å². The van der Waals surface area contributed by atoms with Crippen molar-refractivity contribution in [1.29, 1.82) is 0 Å². The maximum Gasteiger partial charge on any atom is 0.272 e. The van der Waals surface area contributed by atoms with Crippen LogP contribution in [-0.2, 0) is 31.5 Å². The van der Waals surface area contributed by atoms with Crippen molar-refractivity contribution in [2.75, 3.05) is 6.54 Å². The molecule has 1 saturated heterocycles. The third-order valence-electron chi connectivity index (χ3n) is 11.9. The first-order valence-corrected chi connectivity index (χ1v) is 21.7. The van der Waals surface area contributed by atoms with Crippen LogP contribution < -0.4 is 19.5 Å². The number of aromatic nitrogens is 3. The molecule has 4 heterocycles. The lowest BCUT2D eigenvalue weighted by Crippen LogP contribution is -2.52. The number of carbonyl (C=O) groups is 4. The van der Waals surface area contributed by atoms with E-state index in [1.807, 2.05) is 32.9 Å². The molecule has 14 nitrogen and oxygen atoms in total. The standard InChI is InChI=1S/C41H51ClN6O8S/c1-24(2)55-35-20-34(28-13-14-29(42)25(3)36(28)44-35)56-27-19-32-33(49)22-41(39(52)46-57(53,54)40(4)16-17-40)21-26(41)11-9-7-6-8-10-12-31(38(51)48(32)23-27)43-37(50)30-15-18-47(5)45-30/h9,11,13-15,18,20,24,26-27,31-32H,6-8,10,12,16-17,19,21-23H2,1-5H3,(H,43,50)(H,46,52)/b11-9-/t26-,27-,31+,32+,41-/m1/s1. The molecule has 0 spiro atoms. The average molecular weight is 823 g/mol. The van der Waals surface area contributed by atoms with E-state index in [2.05, 4.69) is 15.1 Å². The monoisotopic (exact) mass is 822 g/mol. The van der Waals surface area contributed by atoms with E-state index in [1.165, 1.54) is 9.58 Å². The lowest BCUT2D eigenvalue weighted by atomic mass is 9.91. The number of halogens is 1. The highest BCUT2D eigenvalue weighted by atomic mass is 35.5. The fourth-order valence-corrected chi connectivity index (χ4v) is 9.47. The summed E-state index contributed by atoms with van der Waals surface area (Å²) in [6.45, 7) is 7.24. The Kier molecular flexibility index (Phi) is 11.2. The van der Waals surface area contributed by atoms with Gasteiger partial charge in [0.15, 0.2) is 5.78 Å². The molecule has 1 aromatic carbocycles. The second-order valence-corrected chi connectivity index (χ2v) is 19.2. The van der Waals surface area contributed by atoms with Gasteiger partial charge in [-0.25, -0.2) is 13.4 Å². The average Bonchev–Trinajstić information content (AvgIpc) is 3.95. The zero-order valence-electron chi connectivity index (χ0n) is 33.0. The highest BCUT2D eigenvalue weighted by Gasteiger charge is 2.62. The minimum absolute atomic E-state index is 0.0111. The number of carbonyl (C=O) groups excluding carboxylic acids is 4. The molecule has 2 aromatic heterocycles. The third-order valence-corrected chi connectivity index (χ3v) is 14.4. The molecular formula is C41H51ClN6O8S. The maximum absolute atomic E-state index is 14.7. The Morgan fingerprint density at radius 1 is 1.11 bits per heavy atom. The van der Waals surface area contributed by atoms with E-state index in [0.29, 0.717) is 66.1 Å². The number of ketones is 1. The van der Waals surface area contributed by atoms with Crippen LogP contribution in [0.2, 0.25) is 5.02 Å². The van der Waals surface area contributed by atoms with Gasteiger partial charge in [0.1, 0.15) is 23.6 Å². The van der Waals surface area contributed by atoms with E-state index in [-0.39, 0.29) is 42.9 Å². The van der Waals surface area contributed by atoms with Gasteiger partial charge in [0.05, 0.1) is 34.4 Å². The maximum atomic E-state index is 14.7. The van der Waals surface area contributed by atoms with Crippen LogP contribution in [0.25, 0.3) is 10.9 Å². The van der Waals surface area contributed by atoms with Crippen LogP contribution in [0.3, 0.4) is 0 Å². The summed E-state index contributed by atoms with van der Waals surface area (Å²) in [7, 11) is -2.27. The SMILES string of the molecule is Cc1c(Cl)ccc2c(O[C@@H]3C[C@H]4C(=O)C[C@]5(C(=O)NS(=O)(=O)C6(C)CC6)C[C@H]5/C=C\CCCCC[C@H](NC(=O)c5ccn(C)n5)C(=O)N4C3)cc(OC(C)C)nc12. The molecule has 3 aromatic rings. The van der Waals surface area contributed by atoms with Crippen molar-refractivity contribution in [2.45, 2.75) is 121 Å². The number of nitrogens with zero attached hydrogens (tertiary/aromatic N) is 4. The quantitative estimate of drug-likeness (QED) is 0.268. The predicted octanol–water partition coefficient (Wildman–Crippen LogP) is 5.35. The smallest absolute Gasteiger partial charge is 0.272 e. The van der Waals surface area contributed by atoms with Gasteiger partial charge >= 0.3 is 0 Å². The van der Waals surface area contributed by atoms with Crippen LogP contribution in [0, 0.1) is 18.3 Å². The van der Waals surface area contributed by atoms with Crippen molar-refractivity contribution in [1.82, 2.24) is 29.7 Å². The first kappa shape index (κ1) is 40.7. The molecule has 0 bridgehead atoms. The van der Waals surface area contributed by atoms with Crippen molar-refractivity contribution < 1.29 is 37.1 Å². The number of benzene rings is 1. The summed E-state index contributed by atoms with van der Waals surface area (Å²) in [6, 6.07) is 4.82. The van der Waals surface area contributed by atoms with E-state index in [0.717, 1.165) is 18.4 Å². The van der Waals surface area contributed by atoms with Crippen molar-refractivity contribution in [2.24, 2.45) is 18.4 Å². The topological polar surface area (TPSA) is 179 Å². The molecule has 2 saturated carbocycles. The van der Waals surface area contributed by atoms with Crippen molar-refractivity contribution in [3.05, 3.63) is 58.9 Å². The second-order valence-electron chi connectivity index (χ2n) is 16.6. The van der Waals surface area contributed by atoms with Gasteiger partial charge < -0.3 is 19.7 Å². The lowest BCUT2D eigenvalue weighted by molar-refractivity contribution is -0.140. The summed E-state index contributed by atoms with van der Waals surface area (Å²) in [6.07, 6.45) is 8.98. The Hall–Kier alpha value is -4.50. The van der Waals surface area contributed by atoms with Crippen LogP contribution in [0.5, 0.6) is 11.6 Å². The number of amides is 3. The lowest BCUT2D eigenvalue weighted by Gasteiger charge is -2.29. The van der Waals surface area contributed by atoms with Gasteiger partial charge in [0.25, 0.3) is 5.91 Å². The van der Waals surface area contributed by atoms with Gasteiger partial charge in [-0.15, -0.1) is 0 Å². The Morgan fingerprint density at radius 3 is 2.58 bits per heavy atom. The van der Waals surface area contributed by atoms with Crippen LogP contribution >= 0.6 is 11.6 Å². The molecule has 5 atom stereocenters. The number of allylic oxidation sites excluding steroid dienone is 2. The van der Waals surface area contributed by atoms with Crippen LogP contribution in [0.4, 0.5) is 0 Å². The van der Waals surface area contributed by atoms with Gasteiger partial charge in [-0.1, -0.05) is 36.6 Å². The molecule has 3 fully saturated rings. The molecule has 306 valence electrons. The number of sulfonamides is 1.